The van der Waals surface area contributed by atoms with Gasteiger partial charge in [0.1, 0.15) is 30.8 Å². The molecule has 312 valence electrons. The molecule has 17 nitrogen and oxygen atoms in total. The van der Waals surface area contributed by atoms with E-state index < -0.39 is 35.6 Å². The molecule has 5 rings (SSSR count). The molecular weight excluding hydrogens is 742 g/mol. The van der Waals surface area contributed by atoms with Crippen LogP contribution in [-0.2, 0) is 41.9 Å². The lowest BCUT2D eigenvalue weighted by atomic mass is 9.81. The number of hydrogen-bond donors (Lipinski definition) is 5. The number of fused-ring (bicyclic) bond motifs is 1. The highest BCUT2D eigenvalue weighted by Crippen LogP contribution is 2.38. The van der Waals surface area contributed by atoms with Crippen LogP contribution < -0.4 is 19.7 Å². The zero-order chi connectivity index (χ0) is 40.6. The molecule has 2 aliphatic heterocycles. The number of amides is 2. The molecule has 0 saturated carbocycles. The summed E-state index contributed by atoms with van der Waals surface area (Å²) in [5.41, 5.74) is 3.89. The molecule has 4 unspecified atom stereocenters. The quantitative estimate of drug-likeness (QED) is 0.0706. The second-order valence-corrected chi connectivity index (χ2v) is 14.0. The topological polar surface area (TPSA) is 195 Å². The van der Waals surface area contributed by atoms with Gasteiger partial charge in [0.25, 0.3) is 0 Å². The van der Waals surface area contributed by atoms with Gasteiger partial charge in [0.2, 0.25) is 11.8 Å². The van der Waals surface area contributed by atoms with E-state index in [1.807, 2.05) is 66.7 Å². The minimum atomic E-state index is -1.04. The zero-order valence-corrected chi connectivity index (χ0v) is 32.5. The number of anilines is 1. The molecule has 4 atom stereocenters. The Kier molecular flexibility index (Phi) is 17.3. The molecule has 2 amide bonds. The van der Waals surface area contributed by atoms with Crippen molar-refractivity contribution >= 4 is 17.5 Å². The summed E-state index contributed by atoms with van der Waals surface area (Å²) in [7, 11) is 3.30. The van der Waals surface area contributed by atoms with Crippen LogP contribution >= 0.6 is 0 Å². The van der Waals surface area contributed by atoms with Crippen molar-refractivity contribution in [3.05, 3.63) is 89.5 Å². The number of rotatable bonds is 22. The van der Waals surface area contributed by atoms with E-state index in [9.17, 15) is 20.0 Å². The Labute approximate surface area is 332 Å². The summed E-state index contributed by atoms with van der Waals surface area (Å²) >= 11 is 0. The Morgan fingerprint density at radius 2 is 1.75 bits per heavy atom. The first-order valence-corrected chi connectivity index (χ1v) is 19.1. The summed E-state index contributed by atoms with van der Waals surface area (Å²) < 4.78 is 23.4. The molecular formula is C40H55N5O12. The largest absolute Gasteiger partial charge is 0.497 e. The van der Waals surface area contributed by atoms with Crippen LogP contribution in [0.25, 0.3) is 0 Å². The third-order valence-corrected chi connectivity index (χ3v) is 10.2. The maximum atomic E-state index is 14.1. The van der Waals surface area contributed by atoms with Crippen molar-refractivity contribution in [1.82, 2.24) is 21.0 Å². The number of benzene rings is 3. The molecule has 2 aliphatic rings. The number of nitrogens with one attached hydrogen (secondary N) is 1. The van der Waals surface area contributed by atoms with Gasteiger partial charge in [-0.15, -0.1) is 0 Å². The maximum Gasteiger partial charge on any atom is 0.222 e. The summed E-state index contributed by atoms with van der Waals surface area (Å²) in [6, 6.07) is 22.9. The van der Waals surface area contributed by atoms with Gasteiger partial charge in [0, 0.05) is 58.2 Å². The number of hydrogen-bond acceptors (Lipinski definition) is 15. The van der Waals surface area contributed by atoms with E-state index in [-0.39, 0.29) is 56.6 Å². The Morgan fingerprint density at radius 3 is 2.47 bits per heavy atom. The summed E-state index contributed by atoms with van der Waals surface area (Å²) in [6.45, 7) is 3.22. The summed E-state index contributed by atoms with van der Waals surface area (Å²) in [6.07, 6.45) is 0.225. The first-order chi connectivity index (χ1) is 27.6. The third-order valence-electron chi connectivity index (χ3n) is 10.2. The molecule has 1 fully saturated rings. The minimum Gasteiger partial charge on any atom is -0.497 e. The van der Waals surface area contributed by atoms with E-state index in [1.165, 1.54) is 0 Å². The van der Waals surface area contributed by atoms with Gasteiger partial charge in [-0.1, -0.05) is 48.5 Å². The van der Waals surface area contributed by atoms with Crippen LogP contribution in [0.3, 0.4) is 0 Å². The second-order valence-electron chi connectivity index (χ2n) is 14.0. The highest BCUT2D eigenvalue weighted by atomic mass is 17.1. The van der Waals surface area contributed by atoms with E-state index in [0.717, 1.165) is 47.6 Å². The van der Waals surface area contributed by atoms with E-state index in [1.54, 1.807) is 19.1 Å². The first kappa shape index (κ1) is 43.7. The zero-order valence-electron chi connectivity index (χ0n) is 32.5. The molecule has 5 N–H and O–H groups in total. The van der Waals surface area contributed by atoms with Crippen molar-refractivity contribution in [3.63, 3.8) is 0 Å². The van der Waals surface area contributed by atoms with Gasteiger partial charge in [-0.2, -0.15) is 0 Å². The fraction of sp³-hybridized carbons (Fsp3) is 0.500. The van der Waals surface area contributed by atoms with Gasteiger partial charge in [0.15, 0.2) is 0 Å². The molecule has 0 aliphatic carbocycles. The number of piperidine rings is 1. The van der Waals surface area contributed by atoms with Crippen molar-refractivity contribution in [2.75, 3.05) is 58.6 Å². The summed E-state index contributed by atoms with van der Waals surface area (Å²) in [5, 5.41) is 38.3. The van der Waals surface area contributed by atoms with Crippen molar-refractivity contribution < 1.29 is 59.0 Å². The summed E-state index contributed by atoms with van der Waals surface area (Å²) in [4.78, 5) is 41.0. The van der Waals surface area contributed by atoms with Crippen molar-refractivity contribution in [2.24, 2.45) is 0 Å². The number of carbonyl (C=O) groups is 2. The number of carbonyl (C=O) groups excluding carboxylic acids is 2. The minimum absolute atomic E-state index is 0.0183. The van der Waals surface area contributed by atoms with Crippen LogP contribution in [0.1, 0.15) is 61.1 Å². The first-order valence-electron chi connectivity index (χ1n) is 19.1. The molecule has 0 bridgehead atoms. The molecule has 3 aromatic rings. The maximum absolute atomic E-state index is 14.1. The average molecular weight is 798 g/mol. The van der Waals surface area contributed by atoms with Crippen molar-refractivity contribution in [3.8, 4) is 11.5 Å². The fourth-order valence-corrected chi connectivity index (χ4v) is 7.31. The fourth-order valence-electron chi connectivity index (χ4n) is 7.31. The van der Waals surface area contributed by atoms with Crippen LogP contribution in [0.4, 0.5) is 5.69 Å². The van der Waals surface area contributed by atoms with Crippen LogP contribution in [0, 0.1) is 0 Å². The van der Waals surface area contributed by atoms with Crippen LogP contribution in [0.5, 0.6) is 11.5 Å². The second kappa shape index (κ2) is 22.5. The van der Waals surface area contributed by atoms with E-state index in [4.69, 9.17) is 34.2 Å². The SMILES string of the molecule is COCCCN1CCOc2ccc(COC3CN(C(=O)CCCC(CON(O)O)ON(O)O)C(CC(=O)NCc4ccccc4)CC3c3ccc(OC)cc3)cc21. The van der Waals surface area contributed by atoms with Crippen LogP contribution in [0.2, 0.25) is 0 Å². The van der Waals surface area contributed by atoms with Gasteiger partial charge in [-0.25, -0.2) is 9.68 Å². The lowest BCUT2D eigenvalue weighted by Gasteiger charge is -2.44. The standard InChI is InChI=1S/C40H55N5O12/c1-52-20-7-18-42-19-21-54-37-17-12-30(22-36(37)42)27-55-38-26-43(40(47)11-6-10-34(57-45(50)51)28-56-44(48)49)32(23-35(38)31-13-15-33(53-2)16-14-31)24-39(46)41-25-29-8-4-3-5-9-29/h3-5,8-9,12-17,22,32,34-35,38,48-51H,6-7,10-11,18-21,23-28H2,1-2H3,(H,41,46). The predicted molar refractivity (Wildman–Crippen MR) is 203 cm³/mol. The molecule has 57 heavy (non-hydrogen) atoms. The molecule has 1 saturated heterocycles. The van der Waals surface area contributed by atoms with Crippen molar-refractivity contribution in [2.45, 2.75) is 75.8 Å². The molecule has 0 aromatic heterocycles. The molecule has 17 heteroatoms. The molecule has 0 radical (unpaired) electrons. The number of ether oxygens (including phenoxy) is 4. The third kappa shape index (κ3) is 13.6. The van der Waals surface area contributed by atoms with E-state index in [2.05, 4.69) is 21.1 Å². The normalized spacial score (nSPS) is 18.6. The Hall–Kier alpha value is -4.40. The van der Waals surface area contributed by atoms with Gasteiger partial charge in [0.05, 0.1) is 42.8 Å². The van der Waals surface area contributed by atoms with Gasteiger partial charge >= 0.3 is 0 Å². The Balaban J connectivity index is 1.36. The smallest absolute Gasteiger partial charge is 0.222 e. The number of methoxy groups -OCH3 is 2. The highest BCUT2D eigenvalue weighted by molar-refractivity contribution is 5.80. The van der Waals surface area contributed by atoms with E-state index >= 15 is 0 Å². The average Bonchev–Trinajstić information content (AvgIpc) is 3.21. The van der Waals surface area contributed by atoms with Crippen LogP contribution in [0.15, 0.2) is 72.8 Å². The van der Waals surface area contributed by atoms with Crippen molar-refractivity contribution in [1.29, 1.82) is 0 Å². The van der Waals surface area contributed by atoms with Gasteiger partial charge in [-0.3, -0.25) is 30.4 Å². The molecule has 3 aromatic carbocycles. The molecule has 2 heterocycles. The lowest BCUT2D eigenvalue weighted by molar-refractivity contribution is -0.527. The Morgan fingerprint density at radius 1 is 0.965 bits per heavy atom. The predicted octanol–water partition coefficient (Wildman–Crippen LogP) is 4.47. The van der Waals surface area contributed by atoms with Gasteiger partial charge in [-0.05, 0) is 66.6 Å². The highest BCUT2D eigenvalue weighted by Gasteiger charge is 2.40. The van der Waals surface area contributed by atoms with Crippen LogP contribution in [-0.4, -0.2) is 120 Å². The number of nitrogens with zero attached hydrogens (tertiary/aromatic N) is 4. The van der Waals surface area contributed by atoms with Gasteiger partial charge < -0.3 is 34.1 Å². The lowest BCUT2D eigenvalue weighted by Crippen LogP contribution is -2.53. The van der Waals surface area contributed by atoms with E-state index in [0.29, 0.717) is 31.9 Å². The summed E-state index contributed by atoms with van der Waals surface area (Å²) in [5.74, 6) is 0.918. The molecule has 0 spiro atoms. The monoisotopic (exact) mass is 797 g/mol. The Bertz CT molecular complexity index is 1670. The number of likely N-dealkylation sites (tertiary alicyclic amines) is 1.